The Morgan fingerprint density at radius 2 is 2.11 bits per heavy atom. The fraction of sp³-hybridized carbons (Fsp3) is 0.923. The van der Waals surface area contributed by atoms with Crippen molar-refractivity contribution in [3.63, 3.8) is 0 Å². The van der Waals surface area contributed by atoms with Crippen LogP contribution in [-0.4, -0.2) is 47.8 Å². The minimum atomic E-state index is -0.243. The van der Waals surface area contributed by atoms with Crippen LogP contribution in [0.4, 0.5) is 0 Å². The van der Waals surface area contributed by atoms with Crippen molar-refractivity contribution < 1.29 is 9.94 Å². The quantitative estimate of drug-likeness (QED) is 0.346. The first-order valence-electron chi connectivity index (χ1n) is 7.07. The van der Waals surface area contributed by atoms with Crippen LogP contribution in [0, 0.1) is 5.92 Å². The van der Waals surface area contributed by atoms with Gasteiger partial charge in [0.25, 0.3) is 0 Å². The minimum Gasteiger partial charge on any atom is -0.409 e. The molecule has 2 rings (SSSR count). The Kier molecular flexibility index (Phi) is 4.83. The van der Waals surface area contributed by atoms with Crippen molar-refractivity contribution in [2.45, 2.75) is 51.2 Å². The molecule has 0 aromatic carbocycles. The molecule has 0 spiro atoms. The number of nitrogens with zero attached hydrogens (tertiary/aromatic N) is 2. The second-order valence-electron chi connectivity index (χ2n) is 5.46. The summed E-state index contributed by atoms with van der Waals surface area (Å²) in [6.45, 7) is 4.69. The Morgan fingerprint density at radius 3 is 2.72 bits per heavy atom. The summed E-state index contributed by atoms with van der Waals surface area (Å²) in [7, 11) is 0. The van der Waals surface area contributed by atoms with Crippen molar-refractivity contribution in [2.24, 2.45) is 16.8 Å². The molecule has 2 fully saturated rings. The van der Waals surface area contributed by atoms with Crippen LogP contribution in [0.1, 0.15) is 39.0 Å². The molecule has 0 bridgehead atoms. The van der Waals surface area contributed by atoms with Gasteiger partial charge in [0.15, 0.2) is 5.84 Å². The van der Waals surface area contributed by atoms with Gasteiger partial charge in [-0.1, -0.05) is 18.5 Å². The van der Waals surface area contributed by atoms with Gasteiger partial charge in [-0.3, -0.25) is 4.90 Å². The summed E-state index contributed by atoms with van der Waals surface area (Å²) in [5.74, 6) is 1.11. The van der Waals surface area contributed by atoms with E-state index in [4.69, 9.17) is 15.7 Å². The summed E-state index contributed by atoms with van der Waals surface area (Å²) in [4.78, 5) is 2.46. The molecule has 5 nitrogen and oxygen atoms in total. The van der Waals surface area contributed by atoms with Gasteiger partial charge in [0, 0.05) is 19.1 Å². The first-order chi connectivity index (χ1) is 8.74. The minimum absolute atomic E-state index is 0.196. The molecule has 104 valence electrons. The lowest BCUT2D eigenvalue weighted by atomic mass is 9.83. The monoisotopic (exact) mass is 255 g/mol. The molecule has 0 radical (unpaired) electrons. The van der Waals surface area contributed by atoms with Crippen LogP contribution in [0.3, 0.4) is 0 Å². The van der Waals surface area contributed by atoms with Crippen molar-refractivity contribution in [1.29, 1.82) is 0 Å². The normalized spacial score (nSPS) is 35.6. The zero-order chi connectivity index (χ0) is 13.0. The van der Waals surface area contributed by atoms with Gasteiger partial charge in [0.05, 0.1) is 6.61 Å². The van der Waals surface area contributed by atoms with E-state index in [-0.39, 0.29) is 11.9 Å². The van der Waals surface area contributed by atoms with E-state index >= 15 is 0 Å². The average molecular weight is 255 g/mol. The number of oxime groups is 1. The molecule has 0 aromatic rings. The topological polar surface area (TPSA) is 71.1 Å². The highest BCUT2D eigenvalue weighted by Gasteiger charge is 2.30. The second-order valence-corrected chi connectivity index (χ2v) is 5.46. The lowest BCUT2D eigenvalue weighted by Gasteiger charge is -2.40. The fourth-order valence-corrected chi connectivity index (χ4v) is 3.16. The molecule has 0 amide bonds. The van der Waals surface area contributed by atoms with Crippen molar-refractivity contribution in [1.82, 2.24) is 4.90 Å². The predicted octanol–water partition coefficient (Wildman–Crippen LogP) is 1.40. The Hall–Kier alpha value is -0.810. The number of hydrogen-bond acceptors (Lipinski definition) is 4. The van der Waals surface area contributed by atoms with Crippen molar-refractivity contribution in [2.75, 3.05) is 19.7 Å². The van der Waals surface area contributed by atoms with E-state index in [1.165, 1.54) is 32.1 Å². The van der Waals surface area contributed by atoms with Crippen LogP contribution in [0.5, 0.6) is 0 Å². The first kappa shape index (κ1) is 13.6. The molecule has 18 heavy (non-hydrogen) atoms. The van der Waals surface area contributed by atoms with Gasteiger partial charge >= 0.3 is 0 Å². The van der Waals surface area contributed by atoms with E-state index < -0.39 is 0 Å². The molecule has 1 saturated carbocycles. The summed E-state index contributed by atoms with van der Waals surface area (Å²) >= 11 is 0. The number of amidine groups is 1. The summed E-state index contributed by atoms with van der Waals surface area (Å²) in [6.07, 6.45) is 6.30. The lowest BCUT2D eigenvalue weighted by Crippen LogP contribution is -2.52. The summed E-state index contributed by atoms with van der Waals surface area (Å²) in [6, 6.07) is 0.658. The maximum absolute atomic E-state index is 8.71. The lowest BCUT2D eigenvalue weighted by molar-refractivity contribution is -0.0221. The molecular formula is C13H25N3O2. The van der Waals surface area contributed by atoms with Crippen LogP contribution in [-0.2, 0) is 4.74 Å². The molecule has 1 aliphatic heterocycles. The molecule has 1 atom stereocenters. The summed E-state index contributed by atoms with van der Waals surface area (Å²) in [5, 5.41) is 11.8. The number of ether oxygens (including phenoxy) is 1. The molecule has 1 aliphatic carbocycles. The molecule has 1 saturated heterocycles. The molecule has 2 aliphatic rings. The van der Waals surface area contributed by atoms with Gasteiger partial charge in [0.1, 0.15) is 6.10 Å². The predicted molar refractivity (Wildman–Crippen MR) is 70.8 cm³/mol. The second kappa shape index (κ2) is 6.38. The smallest absolute Gasteiger partial charge is 0.169 e. The zero-order valence-electron chi connectivity index (χ0n) is 11.2. The fourth-order valence-electron chi connectivity index (χ4n) is 3.16. The Balaban J connectivity index is 1.86. The highest BCUT2D eigenvalue weighted by Crippen LogP contribution is 2.30. The van der Waals surface area contributed by atoms with Gasteiger partial charge < -0.3 is 15.7 Å². The SMILES string of the molecule is CCC1CCC(N2CCOC(/C(N)=N/O)C2)CC1. The summed E-state index contributed by atoms with van der Waals surface area (Å²) in [5.41, 5.74) is 5.63. The molecule has 0 aromatic heterocycles. The van der Waals surface area contributed by atoms with Gasteiger partial charge in [0.2, 0.25) is 0 Å². The number of rotatable bonds is 3. The largest absolute Gasteiger partial charge is 0.409 e. The molecule has 5 heteroatoms. The van der Waals surface area contributed by atoms with Crippen molar-refractivity contribution >= 4 is 5.84 Å². The van der Waals surface area contributed by atoms with E-state index in [9.17, 15) is 0 Å². The van der Waals surface area contributed by atoms with Crippen molar-refractivity contribution in [3.05, 3.63) is 0 Å². The molecular weight excluding hydrogens is 230 g/mol. The Bertz CT molecular complexity index is 288. The molecule has 1 heterocycles. The van der Waals surface area contributed by atoms with Crippen LogP contribution < -0.4 is 5.73 Å². The maximum Gasteiger partial charge on any atom is 0.169 e. The first-order valence-corrected chi connectivity index (χ1v) is 7.07. The zero-order valence-corrected chi connectivity index (χ0v) is 11.2. The highest BCUT2D eigenvalue weighted by molar-refractivity contribution is 5.84. The highest BCUT2D eigenvalue weighted by atomic mass is 16.5. The number of hydrogen-bond donors (Lipinski definition) is 2. The maximum atomic E-state index is 8.71. The van der Waals surface area contributed by atoms with E-state index in [0.29, 0.717) is 12.6 Å². The van der Waals surface area contributed by atoms with Crippen LogP contribution >= 0.6 is 0 Å². The average Bonchev–Trinajstić information content (AvgIpc) is 2.46. The van der Waals surface area contributed by atoms with Crippen LogP contribution in [0.15, 0.2) is 5.16 Å². The van der Waals surface area contributed by atoms with Crippen molar-refractivity contribution in [3.8, 4) is 0 Å². The third-order valence-electron chi connectivity index (χ3n) is 4.45. The molecule has 3 N–H and O–H groups in total. The van der Waals surface area contributed by atoms with E-state index in [0.717, 1.165) is 19.0 Å². The summed E-state index contributed by atoms with van der Waals surface area (Å²) < 4.78 is 5.54. The van der Waals surface area contributed by atoms with Gasteiger partial charge in [-0.05, 0) is 31.6 Å². The van der Waals surface area contributed by atoms with Crippen LogP contribution in [0.2, 0.25) is 0 Å². The standard InChI is InChI=1S/C13H25N3O2/c1-2-10-3-5-11(6-4-10)16-7-8-18-12(9-16)13(14)15-17/h10-12,17H,2-9H2,1H3,(H2,14,15). The van der Waals surface area contributed by atoms with Crippen LogP contribution in [0.25, 0.3) is 0 Å². The van der Waals surface area contributed by atoms with E-state index in [2.05, 4.69) is 17.0 Å². The van der Waals surface area contributed by atoms with Gasteiger partial charge in [-0.25, -0.2) is 0 Å². The van der Waals surface area contributed by atoms with Gasteiger partial charge in [-0.2, -0.15) is 0 Å². The van der Waals surface area contributed by atoms with Gasteiger partial charge in [-0.15, -0.1) is 0 Å². The van der Waals surface area contributed by atoms with E-state index in [1.807, 2.05) is 0 Å². The Labute approximate surface area is 109 Å². The van der Waals surface area contributed by atoms with E-state index in [1.54, 1.807) is 0 Å². The number of nitrogens with two attached hydrogens (primary N) is 1. The Morgan fingerprint density at radius 1 is 1.39 bits per heavy atom. The molecule has 1 unspecified atom stereocenters. The third kappa shape index (κ3) is 3.14. The third-order valence-corrected chi connectivity index (χ3v) is 4.45. The number of morpholine rings is 1.